The van der Waals surface area contributed by atoms with Gasteiger partial charge in [0.05, 0.1) is 23.6 Å². The standard InChI is InChI=1S/C15H20N6/c1-4-12(5-2)21-14(6-3)13(10-17-21)18-15-8-7-11(9-16)19-20-15/h7-8,10,12H,4-6H2,1-3H3,(H,18,20). The van der Waals surface area contributed by atoms with E-state index < -0.39 is 0 Å². The summed E-state index contributed by atoms with van der Waals surface area (Å²) in [5.41, 5.74) is 2.42. The third-order valence-corrected chi connectivity index (χ3v) is 3.56. The highest BCUT2D eigenvalue weighted by atomic mass is 15.3. The lowest BCUT2D eigenvalue weighted by Gasteiger charge is -2.17. The first-order valence-corrected chi connectivity index (χ1v) is 7.30. The Morgan fingerprint density at radius 1 is 1.24 bits per heavy atom. The predicted molar refractivity (Wildman–Crippen MR) is 81.3 cm³/mol. The first kappa shape index (κ1) is 15.0. The lowest BCUT2D eigenvalue weighted by Crippen LogP contribution is -2.12. The van der Waals surface area contributed by atoms with Gasteiger partial charge in [-0.1, -0.05) is 20.8 Å². The van der Waals surface area contributed by atoms with Crippen LogP contribution in [-0.2, 0) is 6.42 Å². The fourth-order valence-electron chi connectivity index (χ4n) is 2.39. The van der Waals surface area contributed by atoms with Gasteiger partial charge in [0.25, 0.3) is 0 Å². The number of nitrogens with zero attached hydrogens (tertiary/aromatic N) is 5. The molecule has 2 rings (SSSR count). The molecule has 0 aliphatic rings. The monoisotopic (exact) mass is 284 g/mol. The van der Waals surface area contributed by atoms with Crippen LogP contribution in [0.15, 0.2) is 18.3 Å². The first-order chi connectivity index (χ1) is 10.2. The second-order valence-electron chi connectivity index (χ2n) is 4.81. The minimum atomic E-state index is 0.309. The van der Waals surface area contributed by atoms with E-state index in [0.717, 1.165) is 30.6 Å². The summed E-state index contributed by atoms with van der Waals surface area (Å²) in [6, 6.07) is 5.77. The van der Waals surface area contributed by atoms with E-state index in [4.69, 9.17) is 5.26 Å². The van der Waals surface area contributed by atoms with Gasteiger partial charge in [-0.2, -0.15) is 10.4 Å². The van der Waals surface area contributed by atoms with Gasteiger partial charge in [-0.3, -0.25) is 4.68 Å². The molecule has 2 aromatic heterocycles. The number of hydrogen-bond donors (Lipinski definition) is 1. The fraction of sp³-hybridized carbons (Fsp3) is 0.467. The van der Waals surface area contributed by atoms with Crippen molar-refractivity contribution >= 4 is 11.5 Å². The third kappa shape index (κ3) is 3.19. The van der Waals surface area contributed by atoms with Gasteiger partial charge in [0, 0.05) is 0 Å². The second-order valence-corrected chi connectivity index (χ2v) is 4.81. The lowest BCUT2D eigenvalue weighted by atomic mass is 10.1. The zero-order valence-electron chi connectivity index (χ0n) is 12.7. The summed E-state index contributed by atoms with van der Waals surface area (Å²) in [7, 11) is 0. The van der Waals surface area contributed by atoms with Crippen molar-refractivity contribution in [2.45, 2.75) is 46.1 Å². The highest BCUT2D eigenvalue weighted by molar-refractivity contribution is 5.58. The van der Waals surface area contributed by atoms with Gasteiger partial charge in [0.15, 0.2) is 11.5 Å². The Morgan fingerprint density at radius 2 is 2.00 bits per heavy atom. The van der Waals surface area contributed by atoms with E-state index in [0.29, 0.717) is 17.6 Å². The van der Waals surface area contributed by atoms with Crippen LogP contribution in [0.5, 0.6) is 0 Å². The van der Waals surface area contributed by atoms with Gasteiger partial charge in [0.2, 0.25) is 0 Å². The Balaban J connectivity index is 2.25. The molecule has 6 heteroatoms. The predicted octanol–water partition coefficient (Wildman–Crippen LogP) is 3.21. The Bertz CT molecular complexity index is 619. The quantitative estimate of drug-likeness (QED) is 0.881. The number of anilines is 2. The molecule has 0 amide bonds. The van der Waals surface area contributed by atoms with E-state index in [9.17, 15) is 0 Å². The first-order valence-electron chi connectivity index (χ1n) is 7.30. The Hall–Kier alpha value is -2.42. The molecule has 1 N–H and O–H groups in total. The number of aromatic nitrogens is 4. The molecule has 2 heterocycles. The molecule has 6 nitrogen and oxygen atoms in total. The van der Waals surface area contributed by atoms with Gasteiger partial charge >= 0.3 is 0 Å². The van der Waals surface area contributed by atoms with Crippen LogP contribution in [-0.4, -0.2) is 20.0 Å². The maximum Gasteiger partial charge on any atom is 0.163 e. The van der Waals surface area contributed by atoms with Gasteiger partial charge in [-0.25, -0.2) is 0 Å². The van der Waals surface area contributed by atoms with Gasteiger partial charge in [0.1, 0.15) is 6.07 Å². The molecule has 0 radical (unpaired) electrons. The van der Waals surface area contributed by atoms with Crippen LogP contribution in [0.3, 0.4) is 0 Å². The van der Waals surface area contributed by atoms with E-state index in [-0.39, 0.29) is 0 Å². The van der Waals surface area contributed by atoms with Gasteiger partial charge in [-0.05, 0) is 31.4 Å². The van der Waals surface area contributed by atoms with E-state index in [1.165, 1.54) is 0 Å². The number of hydrogen-bond acceptors (Lipinski definition) is 5. The van der Waals surface area contributed by atoms with E-state index >= 15 is 0 Å². The molecule has 0 fully saturated rings. The molecule has 0 aromatic carbocycles. The molecule has 0 saturated carbocycles. The van der Waals surface area contributed by atoms with E-state index in [1.807, 2.05) is 12.3 Å². The van der Waals surface area contributed by atoms with Gasteiger partial charge < -0.3 is 5.32 Å². The zero-order chi connectivity index (χ0) is 15.2. The fourth-order valence-corrected chi connectivity index (χ4v) is 2.39. The summed E-state index contributed by atoms with van der Waals surface area (Å²) in [5.74, 6) is 0.618. The van der Waals surface area contributed by atoms with Crippen molar-refractivity contribution < 1.29 is 0 Å². The minimum Gasteiger partial charge on any atom is -0.336 e. The van der Waals surface area contributed by atoms with E-state index in [2.05, 4.69) is 46.1 Å². The topological polar surface area (TPSA) is 79.4 Å². The molecular weight excluding hydrogens is 264 g/mol. The van der Waals surface area contributed by atoms with Crippen molar-refractivity contribution in [2.75, 3.05) is 5.32 Å². The number of nitriles is 1. The van der Waals surface area contributed by atoms with Crippen molar-refractivity contribution in [2.24, 2.45) is 0 Å². The Morgan fingerprint density at radius 3 is 2.52 bits per heavy atom. The molecule has 0 spiro atoms. The lowest BCUT2D eigenvalue weighted by molar-refractivity contribution is 0.416. The van der Waals surface area contributed by atoms with Crippen molar-refractivity contribution in [1.82, 2.24) is 20.0 Å². The molecule has 0 aliphatic carbocycles. The molecular formula is C15H20N6. The van der Waals surface area contributed by atoms with Crippen molar-refractivity contribution in [3.8, 4) is 6.07 Å². The summed E-state index contributed by atoms with van der Waals surface area (Å²) in [4.78, 5) is 0. The Kier molecular flexibility index (Phi) is 4.88. The zero-order valence-corrected chi connectivity index (χ0v) is 12.7. The number of rotatable bonds is 6. The van der Waals surface area contributed by atoms with Crippen LogP contribution in [0, 0.1) is 11.3 Å². The molecule has 2 aromatic rings. The molecule has 0 unspecified atom stereocenters. The molecule has 0 saturated heterocycles. The summed E-state index contributed by atoms with van der Waals surface area (Å²) >= 11 is 0. The average Bonchev–Trinajstić information content (AvgIpc) is 2.92. The average molecular weight is 284 g/mol. The van der Waals surface area contributed by atoms with E-state index in [1.54, 1.807) is 12.1 Å². The molecule has 0 bridgehead atoms. The number of nitrogens with one attached hydrogen (secondary N) is 1. The molecule has 110 valence electrons. The Labute approximate surface area is 124 Å². The molecule has 21 heavy (non-hydrogen) atoms. The maximum absolute atomic E-state index is 8.73. The summed E-state index contributed by atoms with van der Waals surface area (Å²) in [6.45, 7) is 6.47. The van der Waals surface area contributed by atoms with Crippen molar-refractivity contribution in [3.05, 3.63) is 29.7 Å². The third-order valence-electron chi connectivity index (χ3n) is 3.56. The summed E-state index contributed by atoms with van der Waals surface area (Å²) in [6.07, 6.45) is 4.84. The maximum atomic E-state index is 8.73. The van der Waals surface area contributed by atoms with Crippen LogP contribution >= 0.6 is 0 Å². The highest BCUT2D eigenvalue weighted by Crippen LogP contribution is 2.25. The van der Waals surface area contributed by atoms with Crippen molar-refractivity contribution in [1.29, 1.82) is 5.26 Å². The summed E-state index contributed by atoms with van der Waals surface area (Å²) in [5, 5.41) is 24.3. The second kappa shape index (κ2) is 6.84. The van der Waals surface area contributed by atoms with Crippen LogP contribution in [0.25, 0.3) is 0 Å². The molecule has 0 aliphatic heterocycles. The smallest absolute Gasteiger partial charge is 0.163 e. The van der Waals surface area contributed by atoms with Crippen LogP contribution in [0.2, 0.25) is 0 Å². The minimum absolute atomic E-state index is 0.309. The van der Waals surface area contributed by atoms with Crippen LogP contribution in [0.1, 0.15) is 51.0 Å². The van der Waals surface area contributed by atoms with Gasteiger partial charge in [-0.15, -0.1) is 10.2 Å². The van der Waals surface area contributed by atoms with Crippen molar-refractivity contribution in [3.63, 3.8) is 0 Å². The largest absolute Gasteiger partial charge is 0.336 e. The van der Waals surface area contributed by atoms with Crippen LogP contribution in [0.4, 0.5) is 11.5 Å². The molecule has 0 atom stereocenters. The highest BCUT2D eigenvalue weighted by Gasteiger charge is 2.15. The normalized spacial score (nSPS) is 10.6. The SMILES string of the molecule is CCc1c(Nc2ccc(C#N)nn2)cnn1C(CC)CC. The summed E-state index contributed by atoms with van der Waals surface area (Å²) < 4.78 is 2.10. The van der Waals surface area contributed by atoms with Crippen LogP contribution < -0.4 is 5.32 Å².